The molecule has 1 aliphatic rings. The predicted molar refractivity (Wildman–Crippen MR) is 64.0 cm³/mol. The molecule has 1 fully saturated rings. The second kappa shape index (κ2) is 8.05. The molecule has 0 spiro atoms. The minimum atomic E-state index is -0.555. The molecule has 1 atom stereocenters. The lowest BCUT2D eigenvalue weighted by molar-refractivity contribution is -0.146. The second-order valence-corrected chi connectivity index (χ2v) is 4.37. The van der Waals surface area contributed by atoms with E-state index >= 15 is 0 Å². The first-order valence-corrected chi connectivity index (χ1v) is 6.11. The van der Waals surface area contributed by atoms with E-state index in [-0.39, 0.29) is 12.5 Å². The molecule has 1 saturated carbocycles. The van der Waals surface area contributed by atoms with Crippen LogP contribution < -0.4 is 5.32 Å². The van der Waals surface area contributed by atoms with Crippen LogP contribution in [0.4, 0.5) is 0 Å². The SMILES string of the molecule is COCCOCC(=O)N[C@H](CC1CC1)C(=O)OC. The normalized spacial score (nSPS) is 16.1. The van der Waals surface area contributed by atoms with Crippen LogP contribution in [0.15, 0.2) is 0 Å². The first-order chi connectivity index (χ1) is 8.67. The number of ether oxygens (including phenoxy) is 3. The highest BCUT2D eigenvalue weighted by molar-refractivity contribution is 5.85. The summed E-state index contributed by atoms with van der Waals surface area (Å²) in [5.74, 6) is -0.168. The van der Waals surface area contributed by atoms with E-state index in [0.29, 0.717) is 25.6 Å². The van der Waals surface area contributed by atoms with Gasteiger partial charge in [-0.1, -0.05) is 12.8 Å². The number of hydrogen-bond acceptors (Lipinski definition) is 5. The molecule has 6 heteroatoms. The molecule has 0 bridgehead atoms. The maximum absolute atomic E-state index is 11.6. The van der Waals surface area contributed by atoms with Crippen LogP contribution in [0, 0.1) is 5.92 Å². The first-order valence-electron chi connectivity index (χ1n) is 6.11. The van der Waals surface area contributed by atoms with Crippen LogP contribution in [0.1, 0.15) is 19.3 Å². The zero-order valence-electron chi connectivity index (χ0n) is 10.9. The van der Waals surface area contributed by atoms with E-state index in [9.17, 15) is 9.59 Å². The second-order valence-electron chi connectivity index (χ2n) is 4.37. The van der Waals surface area contributed by atoms with Crippen LogP contribution in [0.5, 0.6) is 0 Å². The minimum absolute atomic E-state index is 0.0679. The average Bonchev–Trinajstić information content (AvgIpc) is 3.17. The van der Waals surface area contributed by atoms with Gasteiger partial charge in [-0.05, 0) is 12.3 Å². The van der Waals surface area contributed by atoms with Crippen LogP contribution >= 0.6 is 0 Å². The van der Waals surface area contributed by atoms with Gasteiger partial charge in [0, 0.05) is 7.11 Å². The Kier molecular flexibility index (Phi) is 6.67. The Balaban J connectivity index is 2.25. The monoisotopic (exact) mass is 259 g/mol. The fourth-order valence-electron chi connectivity index (χ4n) is 1.59. The Morgan fingerprint density at radius 3 is 2.56 bits per heavy atom. The Morgan fingerprint density at radius 1 is 1.28 bits per heavy atom. The molecular formula is C12H21NO5. The van der Waals surface area contributed by atoms with Crippen LogP contribution in [-0.2, 0) is 23.8 Å². The van der Waals surface area contributed by atoms with Gasteiger partial charge in [-0.3, -0.25) is 4.79 Å². The summed E-state index contributed by atoms with van der Waals surface area (Å²) < 4.78 is 14.5. The Hall–Kier alpha value is -1.14. The Morgan fingerprint density at radius 2 is 2.00 bits per heavy atom. The molecule has 1 aliphatic carbocycles. The molecule has 0 heterocycles. The van der Waals surface area contributed by atoms with Crippen molar-refractivity contribution >= 4 is 11.9 Å². The van der Waals surface area contributed by atoms with Gasteiger partial charge >= 0.3 is 5.97 Å². The quantitative estimate of drug-likeness (QED) is 0.470. The lowest BCUT2D eigenvalue weighted by atomic mass is 10.1. The fraction of sp³-hybridized carbons (Fsp3) is 0.833. The zero-order chi connectivity index (χ0) is 13.4. The highest BCUT2D eigenvalue weighted by Crippen LogP contribution is 2.33. The predicted octanol–water partition coefficient (Wildman–Crippen LogP) is 0.107. The van der Waals surface area contributed by atoms with E-state index in [1.54, 1.807) is 7.11 Å². The highest BCUT2D eigenvalue weighted by atomic mass is 16.5. The summed E-state index contributed by atoms with van der Waals surface area (Å²) in [4.78, 5) is 23.0. The third-order valence-electron chi connectivity index (χ3n) is 2.75. The van der Waals surface area contributed by atoms with Gasteiger partial charge in [0.2, 0.25) is 5.91 Å². The van der Waals surface area contributed by atoms with E-state index in [4.69, 9.17) is 9.47 Å². The van der Waals surface area contributed by atoms with Gasteiger partial charge in [-0.15, -0.1) is 0 Å². The molecule has 1 N–H and O–H groups in total. The van der Waals surface area contributed by atoms with Crippen molar-refractivity contribution in [2.75, 3.05) is 34.0 Å². The highest BCUT2D eigenvalue weighted by Gasteiger charge is 2.30. The molecule has 0 saturated heterocycles. The van der Waals surface area contributed by atoms with Crippen molar-refractivity contribution in [1.82, 2.24) is 5.32 Å². The van der Waals surface area contributed by atoms with Crippen LogP contribution in [0.2, 0.25) is 0 Å². The molecular weight excluding hydrogens is 238 g/mol. The smallest absolute Gasteiger partial charge is 0.328 e. The Labute approximate surface area is 107 Å². The lowest BCUT2D eigenvalue weighted by Crippen LogP contribution is -2.43. The summed E-state index contributed by atoms with van der Waals surface area (Å²) in [6.45, 7) is 0.729. The van der Waals surface area contributed by atoms with Gasteiger partial charge in [-0.2, -0.15) is 0 Å². The standard InChI is InChI=1S/C12H21NO5/c1-16-5-6-18-8-11(14)13-10(12(15)17-2)7-9-3-4-9/h9-10H,3-8H2,1-2H3,(H,13,14)/t10-/m1/s1. The third-order valence-corrected chi connectivity index (χ3v) is 2.75. The van der Waals surface area contributed by atoms with Gasteiger partial charge in [0.15, 0.2) is 0 Å². The van der Waals surface area contributed by atoms with Crippen LogP contribution in [0.25, 0.3) is 0 Å². The third kappa shape index (κ3) is 5.97. The summed E-state index contributed by atoms with van der Waals surface area (Å²) in [6, 6.07) is -0.555. The number of hydrogen-bond donors (Lipinski definition) is 1. The molecule has 1 rings (SSSR count). The average molecular weight is 259 g/mol. The van der Waals surface area contributed by atoms with Gasteiger partial charge in [0.25, 0.3) is 0 Å². The largest absolute Gasteiger partial charge is 0.467 e. The number of amides is 1. The van der Waals surface area contributed by atoms with E-state index in [1.165, 1.54) is 7.11 Å². The maximum Gasteiger partial charge on any atom is 0.328 e. The van der Waals surface area contributed by atoms with Crippen molar-refractivity contribution in [2.24, 2.45) is 5.92 Å². The topological polar surface area (TPSA) is 73.9 Å². The maximum atomic E-state index is 11.6. The molecule has 0 unspecified atom stereocenters. The molecule has 1 amide bonds. The number of rotatable bonds is 9. The van der Waals surface area contributed by atoms with Crippen molar-refractivity contribution in [3.8, 4) is 0 Å². The van der Waals surface area contributed by atoms with Gasteiger partial charge in [0.1, 0.15) is 12.6 Å². The summed E-state index contributed by atoms with van der Waals surface area (Å²) in [6.07, 6.45) is 2.89. The number of carbonyl (C=O) groups is 2. The molecule has 0 aromatic heterocycles. The molecule has 0 radical (unpaired) electrons. The van der Waals surface area contributed by atoms with E-state index < -0.39 is 12.0 Å². The van der Waals surface area contributed by atoms with E-state index in [1.807, 2.05) is 0 Å². The summed E-state index contributed by atoms with van der Waals surface area (Å²) in [7, 11) is 2.88. The molecule has 18 heavy (non-hydrogen) atoms. The summed E-state index contributed by atoms with van der Waals surface area (Å²) in [5, 5.41) is 2.64. The molecule has 104 valence electrons. The summed E-state index contributed by atoms with van der Waals surface area (Å²) in [5.41, 5.74) is 0. The molecule has 6 nitrogen and oxygen atoms in total. The molecule has 0 aliphatic heterocycles. The Bertz CT molecular complexity index is 278. The molecule has 0 aromatic carbocycles. The number of esters is 1. The number of carbonyl (C=O) groups excluding carboxylic acids is 2. The fourth-order valence-corrected chi connectivity index (χ4v) is 1.59. The minimum Gasteiger partial charge on any atom is -0.467 e. The number of nitrogens with one attached hydrogen (secondary N) is 1. The summed E-state index contributed by atoms with van der Waals surface area (Å²) >= 11 is 0. The van der Waals surface area contributed by atoms with Gasteiger partial charge in [-0.25, -0.2) is 4.79 Å². The van der Waals surface area contributed by atoms with E-state index in [0.717, 1.165) is 12.8 Å². The lowest BCUT2D eigenvalue weighted by Gasteiger charge is -2.16. The van der Waals surface area contributed by atoms with Crippen molar-refractivity contribution in [1.29, 1.82) is 0 Å². The van der Waals surface area contributed by atoms with Crippen molar-refractivity contribution in [2.45, 2.75) is 25.3 Å². The van der Waals surface area contributed by atoms with Gasteiger partial charge < -0.3 is 19.5 Å². The zero-order valence-corrected chi connectivity index (χ0v) is 10.9. The van der Waals surface area contributed by atoms with E-state index in [2.05, 4.69) is 10.1 Å². The first kappa shape index (κ1) is 14.9. The van der Waals surface area contributed by atoms with Crippen molar-refractivity contribution in [3.63, 3.8) is 0 Å². The van der Waals surface area contributed by atoms with Crippen LogP contribution in [-0.4, -0.2) is 52.0 Å². The van der Waals surface area contributed by atoms with Gasteiger partial charge in [0.05, 0.1) is 20.3 Å². The molecule has 0 aromatic rings. The van der Waals surface area contributed by atoms with Crippen molar-refractivity contribution < 1.29 is 23.8 Å². The van der Waals surface area contributed by atoms with Crippen molar-refractivity contribution in [3.05, 3.63) is 0 Å². The number of methoxy groups -OCH3 is 2. The van der Waals surface area contributed by atoms with Crippen LogP contribution in [0.3, 0.4) is 0 Å².